The molecule has 0 saturated carbocycles. The number of aliphatic carboxylic acids is 1. The van der Waals surface area contributed by atoms with Crippen LogP contribution in [0.2, 0.25) is 0 Å². The topological polar surface area (TPSA) is 112 Å². The average molecular weight is 405 g/mol. The second kappa shape index (κ2) is 9.65. The van der Waals surface area contributed by atoms with Gasteiger partial charge in [-0.2, -0.15) is 0 Å². The fourth-order valence-corrected chi connectivity index (χ4v) is 3.23. The minimum absolute atomic E-state index is 0.0856. The van der Waals surface area contributed by atoms with Crippen molar-refractivity contribution >= 4 is 11.9 Å². The van der Waals surface area contributed by atoms with Gasteiger partial charge in [-0.25, -0.2) is 9.78 Å². The predicted octanol–water partition coefficient (Wildman–Crippen LogP) is 2.89. The van der Waals surface area contributed by atoms with Crippen LogP contribution in [0.1, 0.15) is 29.4 Å². The number of rotatable bonds is 8. The lowest BCUT2D eigenvalue weighted by molar-refractivity contribution is -0.141. The van der Waals surface area contributed by atoms with Crippen LogP contribution in [-0.2, 0) is 11.2 Å². The van der Waals surface area contributed by atoms with Gasteiger partial charge in [0.1, 0.15) is 5.69 Å². The van der Waals surface area contributed by atoms with E-state index in [4.69, 9.17) is 0 Å². The highest BCUT2D eigenvalue weighted by Crippen LogP contribution is 2.20. The average Bonchev–Trinajstić information content (AvgIpc) is 2.74. The number of benzene rings is 2. The summed E-state index contributed by atoms with van der Waals surface area (Å²) in [6, 6.07) is 18.9. The largest absolute Gasteiger partial charge is 0.481 e. The van der Waals surface area contributed by atoms with Gasteiger partial charge in [-0.1, -0.05) is 61.5 Å². The molecule has 0 unspecified atom stereocenters. The molecular weight excluding hydrogens is 382 g/mol. The Morgan fingerprint density at radius 1 is 1.03 bits per heavy atom. The van der Waals surface area contributed by atoms with Crippen molar-refractivity contribution in [2.75, 3.05) is 0 Å². The van der Waals surface area contributed by atoms with E-state index >= 15 is 0 Å². The van der Waals surface area contributed by atoms with Crippen LogP contribution in [0.4, 0.5) is 0 Å². The quantitative estimate of drug-likeness (QED) is 0.533. The van der Waals surface area contributed by atoms with Crippen molar-refractivity contribution in [3.8, 4) is 11.1 Å². The number of H-pyrrole nitrogens is 1. The van der Waals surface area contributed by atoms with Crippen molar-refractivity contribution in [2.24, 2.45) is 5.92 Å². The summed E-state index contributed by atoms with van der Waals surface area (Å²) in [5, 5.41) is 12.1. The van der Waals surface area contributed by atoms with Crippen LogP contribution in [0.3, 0.4) is 0 Å². The molecule has 0 aliphatic rings. The summed E-state index contributed by atoms with van der Waals surface area (Å²) in [6.45, 7) is 1.61. The van der Waals surface area contributed by atoms with Gasteiger partial charge in [-0.3, -0.25) is 9.59 Å². The highest BCUT2D eigenvalue weighted by Gasteiger charge is 2.21. The Bertz CT molecular complexity index is 1060. The Hall–Kier alpha value is -3.74. The molecule has 2 atom stereocenters. The first kappa shape index (κ1) is 21.0. The molecule has 1 heterocycles. The summed E-state index contributed by atoms with van der Waals surface area (Å²) in [5.74, 6) is -2.03. The van der Waals surface area contributed by atoms with E-state index < -0.39 is 29.5 Å². The molecule has 7 heteroatoms. The van der Waals surface area contributed by atoms with Crippen LogP contribution in [0.15, 0.2) is 71.7 Å². The number of aromatic nitrogens is 2. The van der Waals surface area contributed by atoms with Gasteiger partial charge in [0.15, 0.2) is 0 Å². The standard InChI is InChI=1S/C23H23N3O4/c1-15(22(28)29)13-19(25-21(27)20-11-12-24-23(30)26-20)14-16-7-9-18(10-8-16)17-5-3-2-4-6-17/h2-12,15,19H,13-14H2,1H3,(H,25,27)(H,28,29)(H,24,26,30)/t15-,19+/m1/s1. The monoisotopic (exact) mass is 405 g/mol. The molecule has 154 valence electrons. The van der Waals surface area contributed by atoms with E-state index in [1.807, 2.05) is 54.6 Å². The van der Waals surface area contributed by atoms with Crippen LogP contribution in [0, 0.1) is 5.92 Å². The van der Waals surface area contributed by atoms with Crippen molar-refractivity contribution in [3.63, 3.8) is 0 Å². The minimum Gasteiger partial charge on any atom is -0.481 e. The molecule has 0 fully saturated rings. The maximum Gasteiger partial charge on any atom is 0.345 e. The molecule has 0 bridgehead atoms. The number of nitrogens with one attached hydrogen (secondary N) is 2. The first-order valence-corrected chi connectivity index (χ1v) is 9.65. The lowest BCUT2D eigenvalue weighted by Crippen LogP contribution is -2.39. The van der Waals surface area contributed by atoms with Gasteiger partial charge in [0.2, 0.25) is 0 Å². The molecular formula is C23H23N3O4. The molecule has 1 aromatic heterocycles. The molecule has 3 rings (SSSR count). The third-order valence-electron chi connectivity index (χ3n) is 4.86. The molecule has 30 heavy (non-hydrogen) atoms. The predicted molar refractivity (Wildman–Crippen MR) is 113 cm³/mol. The van der Waals surface area contributed by atoms with Crippen molar-refractivity contribution in [3.05, 3.63) is 88.6 Å². The fraction of sp³-hybridized carbons (Fsp3) is 0.217. The molecule has 2 aromatic carbocycles. The van der Waals surface area contributed by atoms with Gasteiger partial charge in [-0.15, -0.1) is 0 Å². The van der Waals surface area contributed by atoms with E-state index in [1.54, 1.807) is 6.92 Å². The Balaban J connectivity index is 1.75. The Morgan fingerprint density at radius 2 is 1.70 bits per heavy atom. The van der Waals surface area contributed by atoms with E-state index in [0.717, 1.165) is 16.7 Å². The van der Waals surface area contributed by atoms with Crippen molar-refractivity contribution in [1.82, 2.24) is 15.3 Å². The maximum atomic E-state index is 12.5. The zero-order chi connectivity index (χ0) is 21.5. The molecule has 0 saturated heterocycles. The molecule has 7 nitrogen and oxygen atoms in total. The maximum absolute atomic E-state index is 12.5. The van der Waals surface area contributed by atoms with E-state index in [1.165, 1.54) is 12.3 Å². The summed E-state index contributed by atoms with van der Waals surface area (Å²) in [6.07, 6.45) is 1.98. The summed E-state index contributed by atoms with van der Waals surface area (Å²) in [5.41, 5.74) is 2.63. The summed E-state index contributed by atoms with van der Waals surface area (Å²) in [7, 11) is 0. The van der Waals surface area contributed by atoms with Gasteiger partial charge in [0.05, 0.1) is 5.92 Å². The molecule has 0 aliphatic carbocycles. The summed E-state index contributed by atoms with van der Waals surface area (Å²) < 4.78 is 0. The first-order chi connectivity index (χ1) is 14.4. The third kappa shape index (κ3) is 5.64. The van der Waals surface area contributed by atoms with Gasteiger partial charge in [0, 0.05) is 12.2 Å². The van der Waals surface area contributed by atoms with Gasteiger partial charge in [0.25, 0.3) is 5.91 Å². The van der Waals surface area contributed by atoms with Gasteiger partial charge in [-0.05, 0) is 35.6 Å². The minimum atomic E-state index is -0.925. The van der Waals surface area contributed by atoms with E-state index in [-0.39, 0.29) is 12.1 Å². The number of carbonyl (C=O) groups excluding carboxylic acids is 1. The SMILES string of the molecule is C[C@H](C[C@@H](Cc1ccc(-c2ccccc2)cc1)NC(=O)c1ccnc(=O)[nH]1)C(=O)O. The number of hydrogen-bond donors (Lipinski definition) is 3. The molecule has 0 aliphatic heterocycles. The number of amides is 1. The van der Waals surface area contributed by atoms with Crippen molar-refractivity contribution < 1.29 is 14.7 Å². The molecule has 1 amide bonds. The van der Waals surface area contributed by atoms with Crippen LogP contribution in [0.25, 0.3) is 11.1 Å². The van der Waals surface area contributed by atoms with E-state index in [0.29, 0.717) is 6.42 Å². The van der Waals surface area contributed by atoms with Crippen LogP contribution in [-0.4, -0.2) is 33.0 Å². The zero-order valence-corrected chi connectivity index (χ0v) is 16.5. The zero-order valence-electron chi connectivity index (χ0n) is 16.5. The van der Waals surface area contributed by atoms with Gasteiger partial charge >= 0.3 is 11.7 Å². The number of nitrogens with zero attached hydrogens (tertiary/aromatic N) is 1. The number of aromatic amines is 1. The highest BCUT2D eigenvalue weighted by molar-refractivity contribution is 5.92. The summed E-state index contributed by atoms with van der Waals surface area (Å²) >= 11 is 0. The fourth-order valence-electron chi connectivity index (χ4n) is 3.23. The smallest absolute Gasteiger partial charge is 0.345 e. The summed E-state index contributed by atoms with van der Waals surface area (Å²) in [4.78, 5) is 41.1. The van der Waals surface area contributed by atoms with Crippen molar-refractivity contribution in [2.45, 2.75) is 25.8 Å². The van der Waals surface area contributed by atoms with Crippen molar-refractivity contribution in [1.29, 1.82) is 0 Å². The van der Waals surface area contributed by atoms with E-state index in [9.17, 15) is 19.5 Å². The number of carbonyl (C=O) groups is 2. The normalized spacial score (nSPS) is 12.7. The second-order valence-corrected chi connectivity index (χ2v) is 7.20. The Kier molecular flexibility index (Phi) is 6.75. The highest BCUT2D eigenvalue weighted by atomic mass is 16.4. The number of carboxylic acid groups (broad SMARTS) is 1. The van der Waals surface area contributed by atoms with Gasteiger partial charge < -0.3 is 15.4 Å². The Labute approximate surface area is 173 Å². The van der Waals surface area contributed by atoms with Crippen LogP contribution < -0.4 is 11.0 Å². The number of carboxylic acids is 1. The first-order valence-electron chi connectivity index (χ1n) is 9.65. The Morgan fingerprint density at radius 3 is 2.33 bits per heavy atom. The molecule has 3 aromatic rings. The number of hydrogen-bond acceptors (Lipinski definition) is 4. The lowest BCUT2D eigenvalue weighted by atomic mass is 9.95. The van der Waals surface area contributed by atoms with E-state index in [2.05, 4.69) is 15.3 Å². The molecule has 3 N–H and O–H groups in total. The van der Waals surface area contributed by atoms with Crippen LogP contribution in [0.5, 0.6) is 0 Å². The molecule has 0 spiro atoms. The molecule has 0 radical (unpaired) electrons. The third-order valence-corrected chi connectivity index (χ3v) is 4.86. The second-order valence-electron chi connectivity index (χ2n) is 7.20. The van der Waals surface area contributed by atoms with Crippen LogP contribution >= 0.6 is 0 Å². The lowest BCUT2D eigenvalue weighted by Gasteiger charge is -2.21.